The smallest absolute Gasteiger partial charge is 0.337 e. The fourth-order valence-corrected chi connectivity index (χ4v) is 8.93. The number of aromatic hydroxyl groups is 2. The van der Waals surface area contributed by atoms with Crippen LogP contribution in [0.3, 0.4) is 0 Å². The molecule has 0 unspecified atom stereocenters. The zero-order valence-electron chi connectivity index (χ0n) is 50.7. The second-order valence-electron chi connectivity index (χ2n) is 20.9. The number of carboxylic acids is 2. The van der Waals surface area contributed by atoms with Gasteiger partial charge >= 0.3 is 17.9 Å². The van der Waals surface area contributed by atoms with Gasteiger partial charge in [-0.3, -0.25) is 53.0 Å². The van der Waals surface area contributed by atoms with E-state index in [1.54, 1.807) is 60.7 Å². The lowest BCUT2D eigenvalue weighted by molar-refractivity contribution is -0.197. The van der Waals surface area contributed by atoms with Gasteiger partial charge in [-0.05, 0) is 130 Å². The Kier molecular flexibility index (Phi) is 30.3. The summed E-state index contributed by atoms with van der Waals surface area (Å²) >= 11 is 0. The van der Waals surface area contributed by atoms with E-state index in [0.29, 0.717) is 73.0 Å². The van der Waals surface area contributed by atoms with Crippen LogP contribution in [0.2, 0.25) is 0 Å². The number of phenolic OH excluding ortho intramolecular Hbond substituents is 2. The molecule has 3 aliphatic heterocycles. The van der Waals surface area contributed by atoms with Gasteiger partial charge in [0.2, 0.25) is 17.7 Å². The van der Waals surface area contributed by atoms with Crippen molar-refractivity contribution in [3.63, 3.8) is 0 Å². The number of aromatic carboxylic acids is 2. The van der Waals surface area contributed by atoms with Gasteiger partial charge in [-0.1, -0.05) is 49.9 Å². The van der Waals surface area contributed by atoms with Gasteiger partial charge in [0.15, 0.2) is 0 Å². The van der Waals surface area contributed by atoms with E-state index in [1.165, 1.54) is 36.4 Å². The minimum atomic E-state index is -1.11. The molecule has 3 heterocycles. The predicted octanol–water partition coefficient (Wildman–Crippen LogP) is 7.31. The van der Waals surface area contributed by atoms with Crippen LogP contribution in [0.5, 0.6) is 11.5 Å². The predicted molar refractivity (Wildman–Crippen MR) is 330 cm³/mol. The average Bonchev–Trinajstić information content (AvgIpc) is 1.81. The normalized spacial score (nSPS) is 13.4. The Morgan fingerprint density at radius 3 is 1.25 bits per heavy atom. The number of nitrogens with two attached hydrogens (primary N) is 1. The van der Waals surface area contributed by atoms with Gasteiger partial charge in [-0.15, -0.1) is 15.3 Å². The molecule has 28 nitrogen and oxygen atoms in total. The number of hydrogen-bond donors (Lipinski definition) is 8. The maximum Gasteiger partial charge on any atom is 0.337 e. The number of amides is 9. The monoisotopic (exact) mass is 1270 g/mol. The maximum atomic E-state index is 12.3. The number of rotatable bonds is 34. The Morgan fingerprint density at radius 2 is 0.848 bits per heavy atom. The lowest BCUT2D eigenvalue weighted by atomic mass is 10.1. The molecular weight excluding hydrogens is 1190 g/mol. The molecule has 0 saturated carbocycles. The highest BCUT2D eigenvalue weighted by atomic mass is 16.7. The van der Waals surface area contributed by atoms with Gasteiger partial charge in [0.25, 0.3) is 35.4 Å². The average molecular weight is 1270 g/mol. The number of phenols is 2. The van der Waals surface area contributed by atoms with Gasteiger partial charge in [0.05, 0.1) is 22.5 Å². The molecule has 4 aromatic carbocycles. The fourth-order valence-electron chi connectivity index (χ4n) is 8.93. The summed E-state index contributed by atoms with van der Waals surface area (Å²) in [5, 5.41) is 63.9. The number of carbonyl (C=O) groups is 12. The van der Waals surface area contributed by atoms with E-state index in [-0.39, 0.29) is 122 Å². The molecule has 0 atom stereocenters. The van der Waals surface area contributed by atoms with Crippen LogP contribution in [0.1, 0.15) is 135 Å². The number of carboxylic acid groups (broad SMARTS) is 2. The summed E-state index contributed by atoms with van der Waals surface area (Å²) in [6, 6.07) is 21.9. The molecule has 0 bridgehead atoms. The van der Waals surface area contributed by atoms with Gasteiger partial charge in [-0.25, -0.2) is 14.4 Å². The number of hydroxylamine groups is 2. The molecule has 3 aliphatic rings. The van der Waals surface area contributed by atoms with E-state index >= 15 is 0 Å². The molecule has 7 rings (SSSR count). The minimum Gasteiger partial charge on any atom is -0.508 e. The summed E-state index contributed by atoms with van der Waals surface area (Å²) < 4.78 is 0. The third-order valence-electron chi connectivity index (χ3n) is 13.9. The number of hydrogen-bond acceptors (Lipinski definition) is 20. The molecule has 92 heavy (non-hydrogen) atoms. The number of nitrogens with zero attached hydrogens (tertiary/aromatic N) is 7. The fraction of sp³-hybridized carbons (Fsp3) is 0.375. The summed E-state index contributed by atoms with van der Waals surface area (Å²) in [6.45, 7) is 2.71. The van der Waals surface area contributed by atoms with E-state index < -0.39 is 41.5 Å². The molecule has 0 radical (unpaired) electrons. The van der Waals surface area contributed by atoms with E-state index in [0.717, 1.165) is 73.3 Å². The van der Waals surface area contributed by atoms with Crippen molar-refractivity contribution < 1.29 is 82.8 Å². The Hall–Kier alpha value is -10.6. The van der Waals surface area contributed by atoms with Gasteiger partial charge in [-0.2, -0.15) is 10.2 Å². The number of carbonyl (C=O) groups excluding carboxylic acids is 10. The topological polar surface area (TPSA) is 416 Å². The number of aryl methyl sites for hydroxylation is 2. The van der Waals surface area contributed by atoms with Crippen LogP contribution in [0.15, 0.2) is 130 Å². The molecule has 0 spiro atoms. The number of imide groups is 3. The first-order valence-electron chi connectivity index (χ1n) is 30.0. The zero-order chi connectivity index (χ0) is 66.8. The lowest BCUT2D eigenvalue weighted by Gasteiger charge is -2.14. The van der Waals surface area contributed by atoms with Crippen molar-refractivity contribution in [2.24, 2.45) is 26.2 Å². The molecule has 488 valence electrons. The number of unbranched alkanes of at least 4 members (excludes halogenated alkanes) is 6. The van der Waals surface area contributed by atoms with Crippen LogP contribution in [0, 0.1) is 0 Å². The van der Waals surface area contributed by atoms with E-state index in [4.69, 9.17) is 5.73 Å². The first kappa shape index (κ1) is 72.1. The van der Waals surface area contributed by atoms with E-state index in [1.807, 2.05) is 0 Å². The SMILES string of the molecule is NCCCCCCNC(=O)CCc1cc(N=Nc2ccccc2C(=O)O)ccc1O.O=C(CCCN1C(=O)C=CC1=O)NCCCCCCNC(=O)CCc1cc(N=Nc2ccccc2C(=O)O)ccc1O.O=C(CCCN1C(=O)C=CC1=O)ON1C(=O)CCC1=O. The molecule has 0 aromatic heterocycles. The second-order valence-corrected chi connectivity index (χ2v) is 20.9. The van der Waals surface area contributed by atoms with Crippen LogP contribution in [-0.2, 0) is 65.6 Å². The number of benzene rings is 4. The van der Waals surface area contributed by atoms with Crippen molar-refractivity contribution in [1.29, 1.82) is 0 Å². The summed E-state index contributed by atoms with van der Waals surface area (Å²) in [5.74, 6) is -5.77. The van der Waals surface area contributed by atoms with Crippen molar-refractivity contribution in [3.8, 4) is 11.5 Å². The highest BCUT2D eigenvalue weighted by Gasteiger charge is 2.33. The largest absolute Gasteiger partial charge is 0.508 e. The van der Waals surface area contributed by atoms with Crippen LogP contribution < -0.4 is 21.7 Å². The molecule has 0 aliphatic carbocycles. The molecular formula is C64H75N11O17. The van der Waals surface area contributed by atoms with E-state index in [2.05, 4.69) is 41.2 Å². The van der Waals surface area contributed by atoms with Crippen LogP contribution >= 0.6 is 0 Å². The Morgan fingerprint density at radius 1 is 0.467 bits per heavy atom. The molecule has 1 saturated heterocycles. The molecule has 9 N–H and O–H groups in total. The third kappa shape index (κ3) is 25.1. The highest BCUT2D eigenvalue weighted by Crippen LogP contribution is 2.29. The summed E-state index contributed by atoms with van der Waals surface area (Å²) in [6.07, 6.45) is 14.1. The first-order chi connectivity index (χ1) is 44.2. The molecule has 4 aromatic rings. The summed E-state index contributed by atoms with van der Waals surface area (Å²) in [4.78, 5) is 145. The number of azo groups is 2. The zero-order valence-corrected chi connectivity index (χ0v) is 50.7. The van der Waals surface area contributed by atoms with Crippen molar-refractivity contribution in [3.05, 3.63) is 131 Å². The summed E-state index contributed by atoms with van der Waals surface area (Å²) in [7, 11) is 0. The van der Waals surface area contributed by atoms with Crippen molar-refractivity contribution in [2.75, 3.05) is 39.3 Å². The van der Waals surface area contributed by atoms with Crippen molar-refractivity contribution in [1.82, 2.24) is 30.8 Å². The highest BCUT2D eigenvalue weighted by molar-refractivity contribution is 6.13. The second kappa shape index (κ2) is 38.7. The van der Waals surface area contributed by atoms with Gasteiger partial charge < -0.3 is 46.9 Å². The number of nitrogens with one attached hydrogen (secondary N) is 3. The molecule has 1 fully saturated rings. The maximum absolute atomic E-state index is 12.3. The van der Waals surface area contributed by atoms with Crippen LogP contribution in [0.25, 0.3) is 0 Å². The van der Waals surface area contributed by atoms with Gasteiger partial charge in [0, 0.05) is 95.6 Å². The Balaban J connectivity index is 0.000000267. The van der Waals surface area contributed by atoms with E-state index in [9.17, 15) is 78.0 Å². The standard InChI is InChI=1S/C30H35N5O7.C22H28N4O4.C12H12N2O6/c36-25-13-12-22(33-34-24-9-4-3-8-23(24)30(41)42)20-21(25)11-14-27(38)32-18-6-2-1-5-17-31-26(37)10-7-19-35-28(39)15-16-29(35)40;23-13-5-1-2-6-14-24-21(28)12-9-16-15-17(10-11-20(16)27)25-26-19-8-4-3-7-18(19)22(29)30;15-8-3-4-9(16)13(8)7-1-2-12(19)20-14-10(17)5-6-11(14)18/h3-4,8-9,12-13,15-16,20,36H,1-2,5-7,10-11,14,17-19H2,(H,31,37)(H,32,38)(H,41,42);3-4,7-8,10-11,15,27H,1-2,5-6,9,12-14,23H2,(H,24,28)(H,29,30);3-4H,1-2,5-7H2. The lowest BCUT2D eigenvalue weighted by Crippen LogP contribution is -2.33. The van der Waals surface area contributed by atoms with Crippen LogP contribution in [0.4, 0.5) is 22.7 Å². The Labute approximate surface area is 529 Å². The summed E-state index contributed by atoms with van der Waals surface area (Å²) in [5.41, 5.74) is 7.99. The first-order valence-corrected chi connectivity index (χ1v) is 30.0. The quantitative estimate of drug-likeness (QED) is 0.0129. The third-order valence-corrected chi connectivity index (χ3v) is 13.9. The molecule has 9 amide bonds. The van der Waals surface area contributed by atoms with Crippen molar-refractivity contribution >= 4 is 93.8 Å². The molecule has 28 heteroatoms. The van der Waals surface area contributed by atoms with Crippen LogP contribution in [-0.4, -0.2) is 146 Å². The Bertz CT molecular complexity index is 3390. The van der Waals surface area contributed by atoms with Gasteiger partial charge in [0.1, 0.15) is 22.9 Å². The van der Waals surface area contributed by atoms with Crippen molar-refractivity contribution in [2.45, 2.75) is 116 Å². The minimum absolute atomic E-state index is 0.0292.